The lowest BCUT2D eigenvalue weighted by atomic mass is 10.0. The Balaban J connectivity index is 4.84. The minimum atomic E-state index is -1.32. The topological polar surface area (TPSA) is 89.9 Å². The summed E-state index contributed by atoms with van der Waals surface area (Å²) in [6.07, 6.45) is 66.4. The number of ketones is 1. The van der Waals surface area contributed by atoms with E-state index in [2.05, 4.69) is 118 Å². The summed E-state index contributed by atoms with van der Waals surface area (Å²) >= 11 is 0. The predicted octanol–water partition coefficient (Wildman–Crippen LogP) is 17.1. The lowest BCUT2D eigenvalue weighted by Gasteiger charge is -2.25. The van der Waals surface area contributed by atoms with Gasteiger partial charge in [0.25, 0.3) is 0 Å². The van der Waals surface area contributed by atoms with E-state index >= 15 is 0 Å². The van der Waals surface area contributed by atoms with E-state index in [1.807, 2.05) is 0 Å². The maximum absolute atomic E-state index is 13.5. The lowest BCUT2D eigenvalue weighted by Crippen LogP contribution is -2.43. The molecular weight excluding hydrogens is 805 g/mol. The maximum Gasteiger partial charge on any atom is 0.306 e. The maximum atomic E-state index is 13.5. The molecule has 0 saturated carbocycles. The standard InChI is InChI=1S/C59H98O6/c1-4-7-10-13-16-19-22-25-27-29-31-34-36-39-42-45-48-51-55(61)59(65-58(63)53-50-47-44-41-37-33-24-21-18-15-12-9-6-3)56(54-60)64-57(62)52-49-46-43-40-38-35-32-30-28-26-23-20-17-14-11-8-5-2/h16-17,19-20,25-28,31-32,34-35,39-40,42-43,56,59-60H,4-15,18,21-24,29-30,33,36-38,41,44-54H2,1-3H3/b19-16-,20-17-,27-25-,28-26-,34-31-,35-32-,42-39-,43-40-/t56-,59?/m0/s1. The minimum Gasteiger partial charge on any atom is -0.455 e. The Hall–Kier alpha value is -3.51. The average molecular weight is 903 g/mol. The Morgan fingerprint density at radius 3 is 1.03 bits per heavy atom. The number of aliphatic hydroxyl groups is 1. The first-order valence-electron chi connectivity index (χ1n) is 26.7. The number of unbranched alkanes of at least 4 members (excludes halogenated alkanes) is 20. The zero-order valence-corrected chi connectivity index (χ0v) is 42.1. The predicted molar refractivity (Wildman–Crippen MR) is 279 cm³/mol. The second-order valence-corrected chi connectivity index (χ2v) is 17.5. The van der Waals surface area contributed by atoms with Crippen molar-refractivity contribution in [1.29, 1.82) is 0 Å². The summed E-state index contributed by atoms with van der Waals surface area (Å²) in [5.74, 6) is -1.32. The molecule has 1 N–H and O–H groups in total. The second-order valence-electron chi connectivity index (χ2n) is 17.5. The molecule has 0 aromatic heterocycles. The highest BCUT2D eigenvalue weighted by Gasteiger charge is 2.34. The molecule has 0 aliphatic rings. The Labute approximate surface area is 400 Å². The molecule has 0 fully saturated rings. The number of hydrogen-bond donors (Lipinski definition) is 1. The molecule has 0 aromatic carbocycles. The van der Waals surface area contributed by atoms with Crippen molar-refractivity contribution in [1.82, 2.24) is 0 Å². The van der Waals surface area contributed by atoms with Gasteiger partial charge in [-0.25, -0.2) is 0 Å². The molecule has 0 radical (unpaired) electrons. The Morgan fingerprint density at radius 1 is 0.354 bits per heavy atom. The van der Waals surface area contributed by atoms with Gasteiger partial charge in [0.1, 0.15) is 0 Å². The minimum absolute atomic E-state index is 0.147. The van der Waals surface area contributed by atoms with E-state index in [-0.39, 0.29) is 25.0 Å². The molecule has 65 heavy (non-hydrogen) atoms. The van der Waals surface area contributed by atoms with E-state index in [0.717, 1.165) is 57.8 Å². The van der Waals surface area contributed by atoms with Crippen molar-refractivity contribution in [2.75, 3.05) is 6.61 Å². The molecule has 2 atom stereocenters. The molecule has 0 aliphatic heterocycles. The van der Waals surface area contributed by atoms with Gasteiger partial charge in [-0.1, -0.05) is 221 Å². The van der Waals surface area contributed by atoms with Crippen molar-refractivity contribution in [2.45, 2.75) is 251 Å². The monoisotopic (exact) mass is 903 g/mol. The second kappa shape index (κ2) is 51.5. The first-order valence-corrected chi connectivity index (χ1v) is 26.7. The van der Waals surface area contributed by atoms with Gasteiger partial charge in [0, 0.05) is 19.3 Å². The molecular formula is C59H98O6. The van der Waals surface area contributed by atoms with Gasteiger partial charge in [-0.15, -0.1) is 0 Å². The van der Waals surface area contributed by atoms with Crippen LogP contribution < -0.4 is 0 Å². The number of aliphatic hydroxyl groups excluding tert-OH is 1. The number of rotatable bonds is 47. The van der Waals surface area contributed by atoms with E-state index in [0.29, 0.717) is 32.1 Å². The molecule has 0 amide bonds. The SMILES string of the molecule is CCCCC/C=C\C/C=C\C/C=C\C/C=C\CCCC(=O)O[C@@H](CO)C(OC(=O)CCCCCCCCCCCCCCC)C(=O)CCC/C=C\C/C=C\C/C=C\C/C=C\CCCCC. The Kier molecular flexibility index (Phi) is 48.7. The molecule has 6 heteroatoms. The largest absolute Gasteiger partial charge is 0.455 e. The molecule has 1 unspecified atom stereocenters. The fourth-order valence-corrected chi connectivity index (χ4v) is 7.28. The highest BCUT2D eigenvalue weighted by atomic mass is 16.6. The van der Waals surface area contributed by atoms with E-state index in [9.17, 15) is 19.5 Å². The van der Waals surface area contributed by atoms with Crippen molar-refractivity contribution in [3.05, 3.63) is 97.2 Å². The van der Waals surface area contributed by atoms with E-state index in [1.54, 1.807) is 0 Å². The molecule has 0 heterocycles. The van der Waals surface area contributed by atoms with Crippen molar-refractivity contribution < 1.29 is 29.0 Å². The number of carbonyl (C=O) groups excluding carboxylic acids is 3. The molecule has 6 nitrogen and oxygen atoms in total. The zero-order chi connectivity index (χ0) is 47.4. The molecule has 0 aliphatic carbocycles. The number of esters is 2. The van der Waals surface area contributed by atoms with Crippen LogP contribution in [0.3, 0.4) is 0 Å². The zero-order valence-electron chi connectivity index (χ0n) is 42.1. The molecule has 0 rings (SSSR count). The Bertz CT molecular complexity index is 1330. The van der Waals surface area contributed by atoms with Crippen molar-refractivity contribution in [3.63, 3.8) is 0 Å². The van der Waals surface area contributed by atoms with Crippen molar-refractivity contribution in [3.8, 4) is 0 Å². The number of hydrogen-bond acceptors (Lipinski definition) is 6. The van der Waals surface area contributed by atoms with Crippen molar-refractivity contribution in [2.24, 2.45) is 0 Å². The van der Waals surface area contributed by atoms with Crippen molar-refractivity contribution >= 4 is 17.7 Å². The van der Waals surface area contributed by atoms with Crippen LogP contribution in [0.25, 0.3) is 0 Å². The van der Waals surface area contributed by atoms with Gasteiger partial charge in [-0.3, -0.25) is 14.4 Å². The smallest absolute Gasteiger partial charge is 0.306 e. The first kappa shape index (κ1) is 61.5. The fraction of sp³-hybridized carbons (Fsp3) is 0.678. The van der Waals surface area contributed by atoms with Gasteiger partial charge in [0.2, 0.25) is 0 Å². The van der Waals surface area contributed by atoms with Crippen LogP contribution in [0.4, 0.5) is 0 Å². The van der Waals surface area contributed by atoms with Crippen LogP contribution in [0.15, 0.2) is 97.2 Å². The van der Waals surface area contributed by atoms with Crippen LogP contribution in [-0.2, 0) is 23.9 Å². The number of ether oxygens (including phenoxy) is 2. The van der Waals surface area contributed by atoms with E-state index in [1.165, 1.54) is 109 Å². The Morgan fingerprint density at radius 2 is 0.646 bits per heavy atom. The highest BCUT2D eigenvalue weighted by Crippen LogP contribution is 2.17. The lowest BCUT2D eigenvalue weighted by molar-refractivity contribution is -0.175. The highest BCUT2D eigenvalue weighted by molar-refractivity contribution is 5.86. The van der Waals surface area contributed by atoms with Gasteiger partial charge in [0.15, 0.2) is 18.0 Å². The van der Waals surface area contributed by atoms with Gasteiger partial charge in [-0.05, 0) is 96.3 Å². The summed E-state index contributed by atoms with van der Waals surface area (Å²) in [7, 11) is 0. The first-order chi connectivity index (χ1) is 32.0. The third kappa shape index (κ3) is 45.4. The van der Waals surface area contributed by atoms with Gasteiger partial charge in [-0.2, -0.15) is 0 Å². The third-order valence-corrected chi connectivity index (χ3v) is 11.3. The van der Waals surface area contributed by atoms with Crippen LogP contribution in [0.1, 0.15) is 239 Å². The summed E-state index contributed by atoms with van der Waals surface area (Å²) < 4.78 is 11.3. The molecule has 0 bridgehead atoms. The molecule has 0 aromatic rings. The summed E-state index contributed by atoms with van der Waals surface area (Å²) in [5.41, 5.74) is 0. The summed E-state index contributed by atoms with van der Waals surface area (Å²) in [6, 6.07) is 0. The summed E-state index contributed by atoms with van der Waals surface area (Å²) in [5, 5.41) is 10.3. The normalized spacial score (nSPS) is 13.4. The number of carbonyl (C=O) groups is 3. The fourth-order valence-electron chi connectivity index (χ4n) is 7.28. The van der Waals surface area contributed by atoms with Gasteiger partial charge < -0.3 is 14.6 Å². The van der Waals surface area contributed by atoms with Crippen LogP contribution in [0.5, 0.6) is 0 Å². The molecule has 0 spiro atoms. The number of Topliss-reactive ketones (excluding diaryl/α,β-unsaturated/α-hetero) is 1. The van der Waals surface area contributed by atoms with Crippen LogP contribution in [0.2, 0.25) is 0 Å². The van der Waals surface area contributed by atoms with Gasteiger partial charge >= 0.3 is 11.9 Å². The quantitative estimate of drug-likeness (QED) is 0.0372. The van der Waals surface area contributed by atoms with Gasteiger partial charge in [0.05, 0.1) is 6.61 Å². The summed E-state index contributed by atoms with van der Waals surface area (Å²) in [4.78, 5) is 39.4. The van der Waals surface area contributed by atoms with Crippen LogP contribution in [0, 0.1) is 0 Å². The summed E-state index contributed by atoms with van der Waals surface area (Å²) in [6.45, 7) is 6.12. The van der Waals surface area contributed by atoms with Crippen LogP contribution >= 0.6 is 0 Å². The number of allylic oxidation sites excluding steroid dienone is 16. The third-order valence-electron chi connectivity index (χ3n) is 11.3. The average Bonchev–Trinajstić information content (AvgIpc) is 3.30. The molecule has 0 saturated heterocycles. The van der Waals surface area contributed by atoms with E-state index in [4.69, 9.17) is 9.47 Å². The molecule has 370 valence electrons. The van der Waals surface area contributed by atoms with E-state index < -0.39 is 30.8 Å². The van der Waals surface area contributed by atoms with Crippen LogP contribution in [-0.4, -0.2) is 41.6 Å².